The lowest BCUT2D eigenvalue weighted by Gasteiger charge is -2.22. The van der Waals surface area contributed by atoms with E-state index in [-0.39, 0.29) is 0 Å². The molecular weight excluding hydrogens is 319 g/mol. The molecule has 1 saturated carbocycles. The van der Waals surface area contributed by atoms with Crippen molar-refractivity contribution >= 4 is 23.5 Å². The van der Waals surface area contributed by atoms with Crippen molar-refractivity contribution in [3.63, 3.8) is 0 Å². The Bertz CT molecular complexity index is 679. The molecule has 3 rings (SSSR count). The molecule has 6 radical (unpaired) electrons. The average molecular weight is 343 g/mol. The van der Waals surface area contributed by atoms with Crippen molar-refractivity contribution in [3.05, 3.63) is 47.7 Å². The van der Waals surface area contributed by atoms with Crippen LogP contribution in [0.25, 0.3) is 0 Å². The number of nitrogens with zero attached hydrogens (tertiary/aromatic N) is 2. The molecular formula is C19H24B3N3O. The van der Waals surface area contributed by atoms with Gasteiger partial charge >= 0.3 is 0 Å². The molecule has 4 nitrogen and oxygen atoms in total. The van der Waals surface area contributed by atoms with Crippen LogP contribution in [0, 0.1) is 5.92 Å². The van der Waals surface area contributed by atoms with Gasteiger partial charge in [0.05, 0.1) is 29.2 Å². The van der Waals surface area contributed by atoms with Gasteiger partial charge in [0.15, 0.2) is 0 Å². The largest absolute Gasteiger partial charge is 0.473 e. The lowest BCUT2D eigenvalue weighted by molar-refractivity contribution is 0.245. The van der Waals surface area contributed by atoms with Crippen LogP contribution in [0.5, 0.6) is 5.88 Å². The van der Waals surface area contributed by atoms with Gasteiger partial charge in [0.1, 0.15) is 6.61 Å². The fraction of sp³-hybridized carbons (Fsp3) is 0.526. The van der Waals surface area contributed by atoms with E-state index in [4.69, 9.17) is 28.3 Å². The maximum Gasteiger partial charge on any atom is 0.212 e. The summed E-state index contributed by atoms with van der Waals surface area (Å²) in [5, 5.41) is 6.12. The predicted molar refractivity (Wildman–Crippen MR) is 106 cm³/mol. The van der Waals surface area contributed by atoms with Crippen molar-refractivity contribution in [2.75, 3.05) is 0 Å². The van der Waals surface area contributed by atoms with Crippen LogP contribution in [0.1, 0.15) is 43.4 Å². The molecule has 2 aromatic rings. The van der Waals surface area contributed by atoms with Crippen molar-refractivity contribution < 1.29 is 4.74 Å². The fourth-order valence-electron chi connectivity index (χ4n) is 3.37. The Balaban J connectivity index is 1.69. The van der Waals surface area contributed by atoms with Gasteiger partial charge in [-0.25, -0.2) is 4.68 Å². The van der Waals surface area contributed by atoms with Crippen LogP contribution in [0.4, 0.5) is 0 Å². The van der Waals surface area contributed by atoms with E-state index in [0.29, 0.717) is 19.1 Å². The number of benzene rings is 1. The zero-order valence-electron chi connectivity index (χ0n) is 15.2. The maximum atomic E-state index is 6.06. The Hall–Kier alpha value is -1.62. The van der Waals surface area contributed by atoms with E-state index < -0.39 is 5.24 Å². The van der Waals surface area contributed by atoms with Crippen LogP contribution in [-0.2, 0) is 19.7 Å². The van der Waals surface area contributed by atoms with E-state index >= 15 is 0 Å². The van der Waals surface area contributed by atoms with Crippen molar-refractivity contribution in [2.24, 2.45) is 5.92 Å². The highest BCUT2D eigenvalue weighted by atomic mass is 16.5. The van der Waals surface area contributed by atoms with Crippen LogP contribution in [0.2, 0.25) is 0 Å². The zero-order valence-corrected chi connectivity index (χ0v) is 15.2. The highest BCUT2D eigenvalue weighted by molar-refractivity contribution is 6.59. The molecule has 130 valence electrons. The van der Waals surface area contributed by atoms with Gasteiger partial charge in [-0.1, -0.05) is 54.8 Å². The predicted octanol–water partition coefficient (Wildman–Crippen LogP) is 2.25. The van der Waals surface area contributed by atoms with Gasteiger partial charge < -0.3 is 10.1 Å². The number of hydrogen-bond donors (Lipinski definition) is 1. The Labute approximate surface area is 160 Å². The first-order chi connectivity index (χ1) is 12.5. The highest BCUT2D eigenvalue weighted by Crippen LogP contribution is 2.27. The normalized spacial score (nSPS) is 15.8. The second-order valence-electron chi connectivity index (χ2n) is 7.22. The summed E-state index contributed by atoms with van der Waals surface area (Å²) in [6, 6.07) is 12.1. The molecule has 0 bridgehead atoms. The minimum Gasteiger partial charge on any atom is -0.473 e. The van der Waals surface area contributed by atoms with Gasteiger partial charge in [-0.05, 0) is 24.3 Å². The first-order valence-electron chi connectivity index (χ1n) is 9.35. The molecule has 1 aliphatic carbocycles. The second-order valence-corrected chi connectivity index (χ2v) is 7.22. The van der Waals surface area contributed by atoms with E-state index in [9.17, 15) is 0 Å². The van der Waals surface area contributed by atoms with E-state index in [1.807, 2.05) is 28.9 Å². The molecule has 1 aromatic carbocycles. The lowest BCUT2D eigenvalue weighted by Crippen LogP contribution is -2.46. The van der Waals surface area contributed by atoms with E-state index in [2.05, 4.69) is 22.5 Å². The SMILES string of the molecule is [B]C([B])([B])NCc1cc(OCc2ccccc2)n(CC2CCCCC2)n1. The molecule has 0 amide bonds. The molecule has 0 spiro atoms. The Kier molecular flexibility index (Phi) is 6.52. The molecule has 26 heavy (non-hydrogen) atoms. The van der Waals surface area contributed by atoms with Gasteiger partial charge in [0.25, 0.3) is 0 Å². The number of rotatable bonds is 8. The van der Waals surface area contributed by atoms with Gasteiger partial charge in [-0.15, -0.1) is 0 Å². The van der Waals surface area contributed by atoms with Crippen molar-refractivity contribution in [1.29, 1.82) is 0 Å². The first-order valence-corrected chi connectivity index (χ1v) is 9.35. The Morgan fingerprint density at radius 2 is 1.85 bits per heavy atom. The minimum absolute atomic E-state index is 0.392. The van der Waals surface area contributed by atoms with Crippen molar-refractivity contribution in [2.45, 2.75) is 57.0 Å². The third-order valence-corrected chi connectivity index (χ3v) is 4.75. The number of hydrogen-bond acceptors (Lipinski definition) is 3. The molecule has 1 heterocycles. The molecule has 1 aliphatic rings. The van der Waals surface area contributed by atoms with Crippen LogP contribution in [-0.4, -0.2) is 38.6 Å². The van der Waals surface area contributed by atoms with Crippen LogP contribution in [0.15, 0.2) is 36.4 Å². The summed E-state index contributed by atoms with van der Waals surface area (Å²) < 4.78 is 8.03. The summed E-state index contributed by atoms with van der Waals surface area (Å²) >= 11 is 0. The summed E-state index contributed by atoms with van der Waals surface area (Å²) in [6.07, 6.45) is 6.45. The molecule has 1 fully saturated rings. The minimum atomic E-state index is -1.42. The lowest BCUT2D eigenvalue weighted by atomic mass is 9.49. The molecule has 0 saturated heterocycles. The van der Waals surface area contributed by atoms with Crippen LogP contribution < -0.4 is 10.1 Å². The molecule has 0 aliphatic heterocycles. The quantitative estimate of drug-likeness (QED) is 0.748. The zero-order chi connectivity index (χ0) is 18.4. The number of aromatic nitrogens is 2. The summed E-state index contributed by atoms with van der Waals surface area (Å²) in [6.45, 7) is 1.78. The summed E-state index contributed by atoms with van der Waals surface area (Å²) in [5.74, 6) is 1.43. The number of ether oxygens (including phenoxy) is 1. The smallest absolute Gasteiger partial charge is 0.212 e. The highest BCUT2D eigenvalue weighted by Gasteiger charge is 2.18. The summed E-state index contributed by atoms with van der Waals surface area (Å²) in [4.78, 5) is 0. The average Bonchev–Trinajstić information content (AvgIpc) is 3.01. The van der Waals surface area contributed by atoms with Gasteiger partial charge in [-0.3, -0.25) is 0 Å². The summed E-state index contributed by atoms with van der Waals surface area (Å²) in [5.41, 5.74) is 1.94. The Morgan fingerprint density at radius 1 is 1.12 bits per heavy atom. The molecule has 0 atom stereocenters. The summed E-state index contributed by atoms with van der Waals surface area (Å²) in [7, 11) is 16.8. The van der Waals surface area contributed by atoms with Gasteiger partial charge in [-0.2, -0.15) is 5.10 Å². The fourth-order valence-corrected chi connectivity index (χ4v) is 3.37. The number of nitrogens with one attached hydrogen (secondary N) is 1. The van der Waals surface area contributed by atoms with E-state index in [0.717, 1.165) is 23.7 Å². The second kappa shape index (κ2) is 8.85. The van der Waals surface area contributed by atoms with Gasteiger partial charge in [0.2, 0.25) is 5.88 Å². The standard InChI is InChI=1S/C19H24B3N3O/c20-19(21,22)23-12-17-11-18(26-14-16-9-5-2-6-10-16)25(24-17)13-15-7-3-1-4-8-15/h2,5-6,9-11,15,23H,1,3-4,7-8,12-14H2. The third-order valence-electron chi connectivity index (χ3n) is 4.75. The van der Waals surface area contributed by atoms with E-state index in [1.165, 1.54) is 32.1 Å². The van der Waals surface area contributed by atoms with Gasteiger partial charge in [0, 0.05) is 19.2 Å². The maximum absolute atomic E-state index is 6.06. The third kappa shape index (κ3) is 5.98. The van der Waals surface area contributed by atoms with Crippen LogP contribution in [0.3, 0.4) is 0 Å². The molecule has 7 heteroatoms. The molecule has 0 unspecified atom stereocenters. The van der Waals surface area contributed by atoms with Crippen molar-refractivity contribution in [1.82, 2.24) is 15.1 Å². The van der Waals surface area contributed by atoms with E-state index in [1.54, 1.807) is 0 Å². The van der Waals surface area contributed by atoms with Crippen LogP contribution >= 0.6 is 0 Å². The van der Waals surface area contributed by atoms with Crippen molar-refractivity contribution in [3.8, 4) is 5.88 Å². The first kappa shape index (κ1) is 19.2. The molecule has 1 aromatic heterocycles. The molecule has 1 N–H and O–H groups in total. The Morgan fingerprint density at radius 3 is 2.54 bits per heavy atom. The topological polar surface area (TPSA) is 39.1 Å². The monoisotopic (exact) mass is 343 g/mol.